The number of nitrogens with zero attached hydrogens (tertiary/aromatic N) is 6. The molecule has 0 radical (unpaired) electrons. The highest BCUT2D eigenvalue weighted by Crippen LogP contribution is 2.39. The molecular formula is C18H13FN6O2S. The molecule has 5 rings (SSSR count). The molecule has 1 atom stereocenters. The molecule has 4 heterocycles. The first-order valence-electron chi connectivity index (χ1n) is 8.67. The summed E-state index contributed by atoms with van der Waals surface area (Å²) >= 11 is 1.78. The third kappa shape index (κ3) is 2.29. The molecule has 1 saturated heterocycles. The fraction of sp³-hybridized carbons (Fsp3) is 0.278. The largest absolute Gasteiger partial charge is 0.618 e. The Bertz CT molecular complexity index is 1290. The molecule has 1 aliphatic rings. The van der Waals surface area contributed by atoms with Crippen molar-refractivity contribution < 1.29 is 13.6 Å². The lowest BCUT2D eigenvalue weighted by atomic mass is 10.1. The van der Waals surface area contributed by atoms with Gasteiger partial charge >= 0.3 is 0 Å². The minimum absolute atomic E-state index is 0.0346. The van der Waals surface area contributed by atoms with Gasteiger partial charge in [0, 0.05) is 6.92 Å². The molecule has 0 saturated carbocycles. The second-order valence-electron chi connectivity index (χ2n) is 6.55. The number of imidazole rings is 1. The summed E-state index contributed by atoms with van der Waals surface area (Å²) in [7, 11) is 0. The molecule has 10 heteroatoms. The van der Waals surface area contributed by atoms with Crippen LogP contribution in [0.4, 0.5) is 4.39 Å². The van der Waals surface area contributed by atoms with E-state index in [9.17, 15) is 14.9 Å². The van der Waals surface area contributed by atoms with Gasteiger partial charge in [-0.2, -0.15) is 15.0 Å². The van der Waals surface area contributed by atoms with Crippen molar-refractivity contribution >= 4 is 28.3 Å². The number of hydrogen-bond donors (Lipinski definition) is 0. The fourth-order valence-electron chi connectivity index (χ4n) is 3.60. The first-order valence-corrected chi connectivity index (χ1v) is 9.72. The van der Waals surface area contributed by atoms with Gasteiger partial charge in [-0.15, -0.1) is 11.8 Å². The van der Waals surface area contributed by atoms with Crippen molar-refractivity contribution in [2.24, 2.45) is 0 Å². The van der Waals surface area contributed by atoms with Gasteiger partial charge in [0.25, 0.3) is 5.52 Å². The van der Waals surface area contributed by atoms with Gasteiger partial charge in [0.15, 0.2) is 5.56 Å². The van der Waals surface area contributed by atoms with Crippen LogP contribution >= 0.6 is 11.8 Å². The van der Waals surface area contributed by atoms with E-state index in [1.807, 2.05) is 0 Å². The lowest BCUT2D eigenvalue weighted by molar-refractivity contribution is -0.583. The van der Waals surface area contributed by atoms with Gasteiger partial charge in [0.1, 0.15) is 34.9 Å². The topological polar surface area (TPSA) is 107 Å². The maximum absolute atomic E-state index is 14.0. The Morgan fingerprint density at radius 1 is 1.46 bits per heavy atom. The van der Waals surface area contributed by atoms with E-state index in [-0.39, 0.29) is 22.0 Å². The van der Waals surface area contributed by atoms with Gasteiger partial charge in [0.05, 0.1) is 5.25 Å². The zero-order valence-electron chi connectivity index (χ0n) is 14.7. The summed E-state index contributed by atoms with van der Waals surface area (Å²) in [5.74, 6) is 1.18. The van der Waals surface area contributed by atoms with E-state index < -0.39 is 5.82 Å². The molecule has 1 aromatic carbocycles. The third-order valence-corrected chi connectivity index (χ3v) is 6.32. The molecule has 0 amide bonds. The van der Waals surface area contributed by atoms with Crippen LogP contribution in [0.25, 0.3) is 28.1 Å². The second-order valence-corrected chi connectivity index (χ2v) is 7.86. The first kappa shape index (κ1) is 16.9. The average molecular weight is 396 g/mol. The summed E-state index contributed by atoms with van der Waals surface area (Å²) in [6, 6.07) is 4.39. The summed E-state index contributed by atoms with van der Waals surface area (Å²) in [4.78, 5) is 8.86. The minimum Gasteiger partial charge on any atom is -0.618 e. The highest BCUT2D eigenvalue weighted by molar-refractivity contribution is 7.99. The Balaban J connectivity index is 1.76. The van der Waals surface area contributed by atoms with Crippen molar-refractivity contribution in [1.29, 1.82) is 5.26 Å². The fourth-order valence-corrected chi connectivity index (χ4v) is 4.79. The molecule has 0 bridgehead atoms. The molecule has 0 aliphatic carbocycles. The molecule has 140 valence electrons. The Kier molecular flexibility index (Phi) is 3.73. The van der Waals surface area contributed by atoms with E-state index in [1.54, 1.807) is 29.2 Å². The maximum atomic E-state index is 14.0. The lowest BCUT2D eigenvalue weighted by Gasteiger charge is -2.09. The zero-order valence-corrected chi connectivity index (χ0v) is 15.5. The van der Waals surface area contributed by atoms with Gasteiger partial charge in [-0.3, -0.25) is 4.40 Å². The minimum atomic E-state index is -0.740. The summed E-state index contributed by atoms with van der Waals surface area (Å²) in [5.41, 5.74) is 1.21. The van der Waals surface area contributed by atoms with Crippen molar-refractivity contribution in [2.45, 2.75) is 25.0 Å². The van der Waals surface area contributed by atoms with E-state index >= 15 is 0 Å². The molecule has 1 aliphatic heterocycles. The normalized spacial score (nSPS) is 16.8. The van der Waals surface area contributed by atoms with Crippen LogP contribution in [0, 0.1) is 29.3 Å². The molecule has 0 spiro atoms. The predicted octanol–water partition coefficient (Wildman–Crippen LogP) is 3.06. The Morgan fingerprint density at radius 3 is 3.07 bits per heavy atom. The Hall–Kier alpha value is -3.19. The van der Waals surface area contributed by atoms with Crippen LogP contribution < -0.4 is 4.73 Å². The molecule has 1 fully saturated rings. The van der Waals surface area contributed by atoms with Gasteiger partial charge in [0.2, 0.25) is 17.4 Å². The Morgan fingerprint density at radius 2 is 2.32 bits per heavy atom. The van der Waals surface area contributed by atoms with Gasteiger partial charge in [-0.05, 0) is 30.7 Å². The summed E-state index contributed by atoms with van der Waals surface area (Å²) in [6.45, 7) is 1.59. The van der Waals surface area contributed by atoms with E-state index in [2.05, 4.69) is 15.1 Å². The number of rotatable bonds is 2. The number of aromatic nitrogens is 5. The van der Waals surface area contributed by atoms with E-state index in [0.29, 0.717) is 33.2 Å². The van der Waals surface area contributed by atoms with Crippen LogP contribution in [0.5, 0.6) is 0 Å². The van der Waals surface area contributed by atoms with Crippen LogP contribution in [0.15, 0.2) is 23.0 Å². The van der Waals surface area contributed by atoms with E-state index in [4.69, 9.17) is 4.52 Å². The van der Waals surface area contributed by atoms with Crippen LogP contribution in [0.3, 0.4) is 0 Å². The molecule has 0 N–H and O–H groups in total. The van der Waals surface area contributed by atoms with Crippen molar-refractivity contribution in [2.75, 3.05) is 5.75 Å². The molecular weight excluding hydrogens is 383 g/mol. The zero-order chi connectivity index (χ0) is 19.4. The third-order valence-electron chi connectivity index (χ3n) is 4.95. The maximum Gasteiger partial charge on any atom is 0.262 e. The number of fused-ring (bicyclic) bond motifs is 3. The lowest BCUT2D eigenvalue weighted by Crippen LogP contribution is -2.33. The van der Waals surface area contributed by atoms with Crippen molar-refractivity contribution in [3.63, 3.8) is 0 Å². The van der Waals surface area contributed by atoms with Crippen molar-refractivity contribution in [1.82, 2.24) is 19.5 Å². The number of nitriles is 1. The molecule has 4 aromatic rings. The molecule has 8 nitrogen and oxygen atoms in total. The monoisotopic (exact) mass is 396 g/mol. The Labute approximate surface area is 162 Å². The van der Waals surface area contributed by atoms with Crippen LogP contribution in [-0.2, 0) is 0 Å². The summed E-state index contributed by atoms with van der Waals surface area (Å²) < 4.78 is 21.6. The quantitative estimate of drug-likeness (QED) is 0.378. The van der Waals surface area contributed by atoms with Crippen molar-refractivity contribution in [3.05, 3.63) is 46.6 Å². The summed E-state index contributed by atoms with van der Waals surface area (Å²) in [6.07, 6.45) is 3.61. The van der Waals surface area contributed by atoms with E-state index in [0.717, 1.165) is 18.6 Å². The number of hydrogen-bond acceptors (Lipinski definition) is 7. The molecule has 1 unspecified atom stereocenters. The van der Waals surface area contributed by atoms with Crippen LogP contribution in [0.2, 0.25) is 0 Å². The average Bonchev–Trinajstić information content (AvgIpc) is 3.45. The SMILES string of the molecule is Cc1c2c(-c3noc(C4CCCS4)n3)ncn2c2ccc(F)c(C#N)c2[n+]1[O-]. The van der Waals surface area contributed by atoms with Gasteiger partial charge < -0.3 is 9.73 Å². The number of thioether (sulfide) groups is 1. The number of aryl methyl sites for hydroxylation is 1. The first-order chi connectivity index (χ1) is 13.6. The predicted molar refractivity (Wildman–Crippen MR) is 98.8 cm³/mol. The summed E-state index contributed by atoms with van der Waals surface area (Å²) in [5, 5.41) is 26.4. The highest BCUT2D eigenvalue weighted by atomic mass is 32.2. The van der Waals surface area contributed by atoms with Gasteiger partial charge in [-0.25, -0.2) is 9.37 Å². The molecule has 28 heavy (non-hydrogen) atoms. The highest BCUT2D eigenvalue weighted by Gasteiger charge is 2.28. The van der Waals surface area contributed by atoms with Gasteiger partial charge in [-0.1, -0.05) is 5.16 Å². The van der Waals surface area contributed by atoms with Crippen LogP contribution in [0.1, 0.15) is 35.2 Å². The number of halogens is 1. The molecule has 3 aromatic heterocycles. The standard InChI is InChI=1S/C18H13FN6O2S/c1-9-15-14(17-22-18(27-23-17)13-3-2-6-28-13)21-8-24(15)12-5-4-11(19)10(7-20)16(12)25(9)26/h4-5,8,13H,2-3,6H2,1H3. The smallest absolute Gasteiger partial charge is 0.262 e. The second kappa shape index (κ2) is 6.17. The van der Waals surface area contributed by atoms with E-state index in [1.165, 1.54) is 18.5 Å². The number of benzene rings is 1. The van der Waals surface area contributed by atoms with Crippen LogP contribution in [-0.4, -0.2) is 25.3 Å². The van der Waals surface area contributed by atoms with Crippen molar-refractivity contribution in [3.8, 4) is 17.6 Å².